The molecular weight excluding hydrogens is 328 g/mol. The molecule has 0 saturated carbocycles. The molecule has 3 heterocycles. The summed E-state index contributed by atoms with van der Waals surface area (Å²) in [5.74, 6) is 2.47. The van der Waals surface area contributed by atoms with E-state index in [0.29, 0.717) is 5.92 Å². The van der Waals surface area contributed by atoms with Gasteiger partial charge in [-0.25, -0.2) is 9.97 Å². The highest BCUT2D eigenvalue weighted by Gasteiger charge is 2.19. The molecule has 1 N–H and O–H groups in total. The molecule has 6 nitrogen and oxygen atoms in total. The normalized spacial score (nSPS) is 15.3. The number of fused-ring (bicyclic) bond motifs is 1. The number of anilines is 1. The number of nitrogens with zero attached hydrogens (tertiary/aromatic N) is 3. The van der Waals surface area contributed by atoms with E-state index in [-0.39, 0.29) is 0 Å². The first-order valence-electron chi connectivity index (χ1n) is 9.01. The van der Waals surface area contributed by atoms with Crippen molar-refractivity contribution in [1.29, 1.82) is 0 Å². The van der Waals surface area contributed by atoms with Crippen LogP contribution in [0.25, 0.3) is 22.3 Å². The Morgan fingerprint density at radius 2 is 1.96 bits per heavy atom. The van der Waals surface area contributed by atoms with Gasteiger partial charge >= 0.3 is 0 Å². The number of ether oxygens (including phenoxy) is 2. The van der Waals surface area contributed by atoms with Crippen LogP contribution in [-0.2, 0) is 4.74 Å². The molecule has 4 rings (SSSR count). The van der Waals surface area contributed by atoms with Gasteiger partial charge in [0.25, 0.3) is 0 Å². The number of hydrogen-bond acceptors (Lipinski definition) is 5. The summed E-state index contributed by atoms with van der Waals surface area (Å²) in [4.78, 5) is 14.6. The van der Waals surface area contributed by atoms with Crippen molar-refractivity contribution in [1.82, 2.24) is 15.0 Å². The summed E-state index contributed by atoms with van der Waals surface area (Å²) in [7, 11) is 3.78. The van der Waals surface area contributed by atoms with E-state index < -0.39 is 0 Å². The Balaban J connectivity index is 1.62. The lowest BCUT2D eigenvalue weighted by Crippen LogP contribution is -2.30. The number of methoxy groups -OCH3 is 1. The Hall–Kier alpha value is -2.60. The third-order valence-corrected chi connectivity index (χ3v) is 5.04. The van der Waals surface area contributed by atoms with E-state index in [1.807, 2.05) is 24.3 Å². The number of nitrogens with one attached hydrogen (secondary N) is 1. The summed E-state index contributed by atoms with van der Waals surface area (Å²) < 4.78 is 10.7. The molecule has 0 radical (unpaired) electrons. The summed E-state index contributed by atoms with van der Waals surface area (Å²) in [5, 5.41) is 1.05. The molecular formula is C20H24N4O2. The highest BCUT2D eigenvalue weighted by atomic mass is 16.5. The number of aromatic nitrogens is 3. The van der Waals surface area contributed by atoms with Crippen molar-refractivity contribution in [3.8, 4) is 17.0 Å². The van der Waals surface area contributed by atoms with Gasteiger partial charge in [-0.3, -0.25) is 0 Å². The second-order valence-electron chi connectivity index (χ2n) is 6.81. The van der Waals surface area contributed by atoms with Gasteiger partial charge in [-0.05, 0) is 54.7 Å². The molecule has 0 spiro atoms. The third kappa shape index (κ3) is 3.37. The van der Waals surface area contributed by atoms with Gasteiger partial charge in [0.2, 0.25) is 0 Å². The van der Waals surface area contributed by atoms with Crippen LogP contribution in [0.2, 0.25) is 0 Å². The molecule has 0 bridgehead atoms. The molecule has 1 saturated heterocycles. The Kier molecular flexibility index (Phi) is 4.75. The van der Waals surface area contributed by atoms with Crippen LogP contribution in [0.4, 0.5) is 5.82 Å². The van der Waals surface area contributed by atoms with E-state index >= 15 is 0 Å². The zero-order valence-corrected chi connectivity index (χ0v) is 15.2. The van der Waals surface area contributed by atoms with Crippen molar-refractivity contribution in [3.05, 3.63) is 36.7 Å². The second kappa shape index (κ2) is 7.33. The molecule has 1 aliphatic heterocycles. The molecule has 136 valence electrons. The minimum Gasteiger partial charge on any atom is -0.497 e. The Morgan fingerprint density at radius 3 is 2.69 bits per heavy atom. The fourth-order valence-corrected chi connectivity index (χ4v) is 3.56. The van der Waals surface area contributed by atoms with Gasteiger partial charge in [-0.2, -0.15) is 0 Å². The maximum atomic E-state index is 5.47. The molecule has 0 atom stereocenters. The molecule has 3 aromatic rings. The first kappa shape index (κ1) is 16.8. The van der Waals surface area contributed by atoms with Gasteiger partial charge in [-0.1, -0.05) is 0 Å². The van der Waals surface area contributed by atoms with Gasteiger partial charge in [0.05, 0.1) is 12.5 Å². The minimum atomic E-state index is 0.652. The van der Waals surface area contributed by atoms with Crippen molar-refractivity contribution in [3.63, 3.8) is 0 Å². The number of aromatic amines is 1. The zero-order chi connectivity index (χ0) is 17.9. The number of hydrogen-bond donors (Lipinski definition) is 1. The minimum absolute atomic E-state index is 0.652. The lowest BCUT2D eigenvalue weighted by Gasteiger charge is -2.27. The number of rotatable bonds is 5. The molecule has 1 fully saturated rings. The molecule has 0 unspecified atom stereocenters. The standard InChI is InChI=1S/C20H24N4O2/c1-24(12-14-7-9-26-10-8-14)20-17-11-18(23-19(17)21-13-22-20)15-3-5-16(25-2)6-4-15/h3-6,11,13-14H,7-10,12H2,1-2H3,(H,21,22,23). The zero-order valence-electron chi connectivity index (χ0n) is 15.2. The molecule has 26 heavy (non-hydrogen) atoms. The highest BCUT2D eigenvalue weighted by molar-refractivity contribution is 5.91. The predicted molar refractivity (Wildman–Crippen MR) is 103 cm³/mol. The van der Waals surface area contributed by atoms with Gasteiger partial charge < -0.3 is 19.4 Å². The van der Waals surface area contributed by atoms with Crippen LogP contribution >= 0.6 is 0 Å². The maximum absolute atomic E-state index is 5.47. The summed E-state index contributed by atoms with van der Waals surface area (Å²) >= 11 is 0. The van der Waals surface area contributed by atoms with E-state index in [2.05, 4.69) is 33.0 Å². The molecule has 1 aromatic carbocycles. The van der Waals surface area contributed by atoms with Crippen LogP contribution in [0.15, 0.2) is 36.7 Å². The molecule has 2 aromatic heterocycles. The SMILES string of the molecule is COc1ccc(-c2cc3c(N(C)CC4CCOCC4)ncnc3[nH]2)cc1. The van der Waals surface area contributed by atoms with Crippen molar-refractivity contribution in [2.24, 2.45) is 5.92 Å². The molecule has 6 heteroatoms. The Labute approximate surface area is 153 Å². The summed E-state index contributed by atoms with van der Waals surface area (Å²) in [6, 6.07) is 10.1. The fourth-order valence-electron chi connectivity index (χ4n) is 3.56. The van der Waals surface area contributed by atoms with Crippen molar-refractivity contribution >= 4 is 16.9 Å². The van der Waals surface area contributed by atoms with E-state index in [9.17, 15) is 0 Å². The van der Waals surface area contributed by atoms with Gasteiger partial charge in [0.15, 0.2) is 0 Å². The highest BCUT2D eigenvalue weighted by Crippen LogP contribution is 2.30. The first-order valence-corrected chi connectivity index (χ1v) is 9.01. The quantitative estimate of drug-likeness (QED) is 0.761. The lowest BCUT2D eigenvalue weighted by molar-refractivity contribution is 0.0685. The van der Waals surface area contributed by atoms with Gasteiger partial charge in [-0.15, -0.1) is 0 Å². The average molecular weight is 352 g/mol. The van der Waals surface area contributed by atoms with Crippen molar-refractivity contribution in [2.75, 3.05) is 38.8 Å². The van der Waals surface area contributed by atoms with E-state index in [1.165, 1.54) is 0 Å². The van der Waals surface area contributed by atoms with E-state index in [1.54, 1.807) is 13.4 Å². The summed E-state index contributed by atoms with van der Waals surface area (Å²) in [6.07, 6.45) is 3.86. The van der Waals surface area contributed by atoms with Gasteiger partial charge in [0, 0.05) is 32.5 Å². The van der Waals surface area contributed by atoms with E-state index in [0.717, 1.165) is 66.5 Å². The topological polar surface area (TPSA) is 63.3 Å². The second-order valence-corrected chi connectivity index (χ2v) is 6.81. The third-order valence-electron chi connectivity index (χ3n) is 5.04. The number of benzene rings is 1. The average Bonchev–Trinajstić information content (AvgIpc) is 3.13. The van der Waals surface area contributed by atoms with Crippen LogP contribution in [0.1, 0.15) is 12.8 Å². The molecule has 0 amide bonds. The molecule has 0 aliphatic carbocycles. The van der Waals surface area contributed by atoms with Crippen molar-refractivity contribution < 1.29 is 9.47 Å². The first-order chi connectivity index (χ1) is 12.7. The predicted octanol–water partition coefficient (Wildman–Crippen LogP) is 3.50. The lowest BCUT2D eigenvalue weighted by atomic mass is 10.00. The summed E-state index contributed by atoms with van der Waals surface area (Å²) in [5.41, 5.74) is 2.99. The van der Waals surface area contributed by atoms with Crippen LogP contribution < -0.4 is 9.64 Å². The molecule has 1 aliphatic rings. The van der Waals surface area contributed by atoms with Crippen LogP contribution in [0, 0.1) is 5.92 Å². The maximum Gasteiger partial charge on any atom is 0.143 e. The Bertz CT molecular complexity index is 869. The monoisotopic (exact) mass is 352 g/mol. The summed E-state index contributed by atoms with van der Waals surface area (Å²) in [6.45, 7) is 2.71. The van der Waals surface area contributed by atoms with Crippen molar-refractivity contribution in [2.45, 2.75) is 12.8 Å². The number of H-pyrrole nitrogens is 1. The van der Waals surface area contributed by atoms with Crippen LogP contribution in [0.5, 0.6) is 5.75 Å². The van der Waals surface area contributed by atoms with Crippen LogP contribution in [0.3, 0.4) is 0 Å². The largest absolute Gasteiger partial charge is 0.497 e. The van der Waals surface area contributed by atoms with Gasteiger partial charge in [0.1, 0.15) is 23.5 Å². The smallest absolute Gasteiger partial charge is 0.143 e. The van der Waals surface area contributed by atoms with E-state index in [4.69, 9.17) is 9.47 Å². The fraction of sp³-hybridized carbons (Fsp3) is 0.400. The Morgan fingerprint density at radius 1 is 1.19 bits per heavy atom. The van der Waals surface area contributed by atoms with Crippen LogP contribution in [-0.4, -0.2) is 48.9 Å².